The Morgan fingerprint density at radius 1 is 0.900 bits per heavy atom. The summed E-state index contributed by atoms with van der Waals surface area (Å²) in [6, 6.07) is 16.6. The third-order valence-electron chi connectivity index (χ3n) is 2.37. The normalized spacial score (nSPS) is 12.5. The van der Waals surface area contributed by atoms with Gasteiger partial charge >= 0.3 is 0 Å². The highest BCUT2D eigenvalue weighted by atomic mass is 35.6. The minimum atomic E-state index is -1.58. The van der Waals surface area contributed by atoms with Crippen LogP contribution in [-0.2, 0) is 0 Å². The molecule has 2 aromatic rings. The molecule has 0 bridgehead atoms. The van der Waals surface area contributed by atoms with E-state index in [2.05, 4.69) is 4.40 Å². The predicted molar refractivity (Wildman–Crippen MR) is 90.6 cm³/mol. The average Bonchev–Trinajstić information content (AvgIpc) is 2.41. The number of hydrogen-bond acceptors (Lipinski definition) is 2. The Balaban J connectivity index is 2.28. The van der Waals surface area contributed by atoms with E-state index in [9.17, 15) is 0 Å². The van der Waals surface area contributed by atoms with Crippen LogP contribution in [0.15, 0.2) is 63.9 Å². The largest absolute Gasteiger partial charge is 0.233 e. The standard InChI is InChI=1S/C14H9Cl4NS/c15-11-6-8-12(9-7-11)20-19-13(14(16,17)18)10-4-2-1-3-5-10/h1-9H. The van der Waals surface area contributed by atoms with Crippen LogP contribution in [0.2, 0.25) is 5.02 Å². The van der Waals surface area contributed by atoms with Gasteiger partial charge in [0.1, 0.15) is 5.71 Å². The van der Waals surface area contributed by atoms with E-state index in [1.165, 1.54) is 11.9 Å². The van der Waals surface area contributed by atoms with E-state index < -0.39 is 3.79 Å². The van der Waals surface area contributed by atoms with Gasteiger partial charge in [-0.1, -0.05) is 76.7 Å². The lowest BCUT2D eigenvalue weighted by molar-refractivity contribution is 1.44. The van der Waals surface area contributed by atoms with Crippen LogP contribution in [0.3, 0.4) is 0 Å². The lowest BCUT2D eigenvalue weighted by Crippen LogP contribution is -2.19. The monoisotopic (exact) mass is 363 g/mol. The van der Waals surface area contributed by atoms with Crippen molar-refractivity contribution in [2.75, 3.05) is 0 Å². The Morgan fingerprint density at radius 2 is 1.50 bits per heavy atom. The number of rotatable bonds is 3. The molecule has 1 nitrogen and oxygen atoms in total. The molecule has 0 unspecified atom stereocenters. The van der Waals surface area contributed by atoms with Crippen molar-refractivity contribution >= 4 is 64.1 Å². The molecule has 0 heterocycles. The van der Waals surface area contributed by atoms with Gasteiger partial charge < -0.3 is 0 Å². The van der Waals surface area contributed by atoms with Gasteiger partial charge in [-0.15, -0.1) is 0 Å². The van der Waals surface area contributed by atoms with Crippen molar-refractivity contribution in [2.45, 2.75) is 8.69 Å². The van der Waals surface area contributed by atoms with Gasteiger partial charge in [0.15, 0.2) is 0 Å². The van der Waals surface area contributed by atoms with E-state index in [0.29, 0.717) is 10.7 Å². The minimum Gasteiger partial charge on any atom is -0.211 e. The lowest BCUT2D eigenvalue weighted by Gasteiger charge is -2.14. The molecule has 0 amide bonds. The highest BCUT2D eigenvalue weighted by Gasteiger charge is 2.29. The first kappa shape index (κ1) is 16.0. The van der Waals surface area contributed by atoms with E-state index in [-0.39, 0.29) is 0 Å². The summed E-state index contributed by atoms with van der Waals surface area (Å²) in [5, 5.41) is 0.669. The van der Waals surface area contributed by atoms with E-state index in [4.69, 9.17) is 46.4 Å². The number of alkyl halides is 3. The number of benzene rings is 2. The van der Waals surface area contributed by atoms with E-state index in [1.807, 2.05) is 42.5 Å². The van der Waals surface area contributed by atoms with Crippen LogP contribution >= 0.6 is 58.4 Å². The first-order chi connectivity index (χ1) is 9.47. The number of halogens is 4. The molecule has 0 saturated carbocycles. The van der Waals surface area contributed by atoms with Crippen LogP contribution in [-0.4, -0.2) is 9.50 Å². The topological polar surface area (TPSA) is 12.4 Å². The fourth-order valence-corrected chi connectivity index (χ4v) is 2.89. The molecule has 104 valence electrons. The minimum absolute atomic E-state index is 0.392. The zero-order valence-corrected chi connectivity index (χ0v) is 13.9. The zero-order valence-electron chi connectivity index (χ0n) is 10.1. The second-order valence-corrected chi connectivity index (χ2v) is 7.40. The van der Waals surface area contributed by atoms with Crippen molar-refractivity contribution in [1.29, 1.82) is 0 Å². The van der Waals surface area contributed by atoms with Gasteiger partial charge in [-0.05, 0) is 24.3 Å². The van der Waals surface area contributed by atoms with E-state index >= 15 is 0 Å². The Bertz CT molecular complexity index is 591. The summed E-state index contributed by atoms with van der Waals surface area (Å²) in [4.78, 5) is 0.914. The first-order valence-corrected chi connectivity index (χ1v) is 7.88. The summed E-state index contributed by atoms with van der Waals surface area (Å²) in [7, 11) is 0. The van der Waals surface area contributed by atoms with Crippen LogP contribution in [0, 0.1) is 0 Å². The Kier molecular flexibility index (Phi) is 5.65. The Hall–Kier alpha value is -0.380. The SMILES string of the molecule is Clc1ccc(SN=C(c2ccccc2)C(Cl)(Cl)Cl)cc1. The maximum absolute atomic E-state index is 5.99. The summed E-state index contributed by atoms with van der Waals surface area (Å²) < 4.78 is 2.78. The molecule has 0 fully saturated rings. The summed E-state index contributed by atoms with van der Waals surface area (Å²) >= 11 is 25.0. The molecule has 2 rings (SSSR count). The molecular formula is C14H9Cl4NS. The molecule has 0 atom stereocenters. The smallest absolute Gasteiger partial charge is 0.211 e. The predicted octanol–water partition coefficient (Wildman–Crippen LogP) is 6.21. The Labute approximate surface area is 142 Å². The lowest BCUT2D eigenvalue weighted by atomic mass is 10.1. The van der Waals surface area contributed by atoms with Crippen molar-refractivity contribution in [2.24, 2.45) is 4.40 Å². The molecule has 0 saturated heterocycles. The van der Waals surface area contributed by atoms with Crippen LogP contribution in [0.25, 0.3) is 0 Å². The molecule has 20 heavy (non-hydrogen) atoms. The molecule has 0 aromatic heterocycles. The molecule has 0 aliphatic rings. The molecule has 0 spiro atoms. The van der Waals surface area contributed by atoms with Crippen molar-refractivity contribution in [3.63, 3.8) is 0 Å². The summed E-state index contributed by atoms with van der Waals surface area (Å²) in [6.45, 7) is 0. The fraction of sp³-hybridized carbons (Fsp3) is 0.0714. The Morgan fingerprint density at radius 3 is 2.05 bits per heavy atom. The second-order valence-electron chi connectivity index (χ2n) is 3.85. The third-order valence-corrected chi connectivity index (χ3v) is 3.92. The van der Waals surface area contributed by atoms with Crippen LogP contribution < -0.4 is 0 Å². The van der Waals surface area contributed by atoms with Crippen molar-refractivity contribution in [1.82, 2.24) is 0 Å². The molecular weight excluding hydrogens is 356 g/mol. The maximum Gasteiger partial charge on any atom is 0.233 e. The van der Waals surface area contributed by atoms with E-state index in [1.54, 1.807) is 12.1 Å². The molecule has 6 heteroatoms. The van der Waals surface area contributed by atoms with Crippen molar-refractivity contribution < 1.29 is 0 Å². The van der Waals surface area contributed by atoms with Gasteiger partial charge in [0.2, 0.25) is 3.79 Å². The maximum atomic E-state index is 5.99. The molecule has 0 aliphatic heterocycles. The molecule has 0 aliphatic carbocycles. The highest BCUT2D eigenvalue weighted by molar-refractivity contribution is 7.98. The second kappa shape index (κ2) is 7.06. The molecule has 0 N–H and O–H groups in total. The van der Waals surface area contributed by atoms with Crippen LogP contribution in [0.1, 0.15) is 5.56 Å². The summed E-state index contributed by atoms with van der Waals surface area (Å²) in [5.74, 6) is 0. The van der Waals surface area contributed by atoms with Crippen LogP contribution in [0.4, 0.5) is 0 Å². The van der Waals surface area contributed by atoms with Gasteiger partial charge in [-0.2, -0.15) is 0 Å². The van der Waals surface area contributed by atoms with Gasteiger partial charge in [-0.3, -0.25) is 0 Å². The van der Waals surface area contributed by atoms with Gasteiger partial charge in [0.25, 0.3) is 0 Å². The summed E-state index contributed by atoms with van der Waals surface area (Å²) in [5.41, 5.74) is 1.16. The third kappa shape index (κ3) is 4.57. The summed E-state index contributed by atoms with van der Waals surface area (Å²) in [6.07, 6.45) is 0. The number of nitrogens with zero attached hydrogens (tertiary/aromatic N) is 1. The van der Waals surface area contributed by atoms with Crippen molar-refractivity contribution in [3.8, 4) is 0 Å². The first-order valence-electron chi connectivity index (χ1n) is 5.60. The van der Waals surface area contributed by atoms with Crippen LogP contribution in [0.5, 0.6) is 0 Å². The van der Waals surface area contributed by atoms with Gasteiger partial charge in [0, 0.05) is 27.4 Å². The quantitative estimate of drug-likeness (QED) is 0.358. The molecule has 2 aromatic carbocycles. The van der Waals surface area contributed by atoms with Gasteiger partial charge in [0.05, 0.1) is 0 Å². The average molecular weight is 365 g/mol. The van der Waals surface area contributed by atoms with Crippen molar-refractivity contribution in [3.05, 3.63) is 65.2 Å². The fourth-order valence-electron chi connectivity index (χ4n) is 1.46. The molecule has 0 radical (unpaired) electrons. The van der Waals surface area contributed by atoms with Gasteiger partial charge in [-0.25, -0.2) is 4.40 Å². The van der Waals surface area contributed by atoms with E-state index in [0.717, 1.165) is 10.5 Å². The number of hydrogen-bond donors (Lipinski definition) is 0. The highest BCUT2D eigenvalue weighted by Crippen LogP contribution is 2.34. The zero-order chi connectivity index (χ0) is 14.6.